The second-order valence-corrected chi connectivity index (χ2v) is 6.24. The second kappa shape index (κ2) is 9.02. The first-order valence-corrected chi connectivity index (χ1v) is 8.81. The summed E-state index contributed by atoms with van der Waals surface area (Å²) in [4.78, 5) is 15.4. The van der Waals surface area contributed by atoms with Gasteiger partial charge in [-0.1, -0.05) is 12.1 Å². The average molecular weight is 345 g/mol. The quantitative estimate of drug-likeness (QED) is 0.437. The molecule has 2 rings (SSSR count). The van der Waals surface area contributed by atoms with Gasteiger partial charge in [-0.15, -0.1) is 11.3 Å². The van der Waals surface area contributed by atoms with Gasteiger partial charge >= 0.3 is 0 Å². The summed E-state index contributed by atoms with van der Waals surface area (Å²) in [7, 11) is 0. The molecule has 0 saturated heterocycles. The highest BCUT2D eigenvalue weighted by atomic mass is 32.1. The number of thiazole rings is 1. The van der Waals surface area contributed by atoms with Crippen LogP contribution in [-0.4, -0.2) is 29.8 Å². The Bertz CT molecular complexity index is 681. The molecule has 0 atom stereocenters. The predicted molar refractivity (Wildman–Crippen MR) is 100 cm³/mol. The van der Waals surface area contributed by atoms with E-state index in [1.54, 1.807) is 0 Å². The number of aromatic nitrogens is 1. The molecule has 2 aromatic rings. The summed E-state index contributed by atoms with van der Waals surface area (Å²) in [6, 6.07) is 8.22. The molecule has 1 aromatic carbocycles. The smallest absolute Gasteiger partial charge is 0.223 e. The number of nitrogens with zero attached hydrogens (tertiary/aromatic N) is 1. The molecule has 128 valence electrons. The highest BCUT2D eigenvalue weighted by Crippen LogP contribution is 2.17. The minimum Gasteiger partial charge on any atom is -0.378 e. The number of carbonyl (C=O) groups excluding carboxylic acids is 1. The number of amidine groups is 1. The molecular formula is C17H23N5OS. The zero-order chi connectivity index (χ0) is 17.4. The van der Waals surface area contributed by atoms with Crippen LogP contribution in [0.15, 0.2) is 29.6 Å². The molecule has 1 heterocycles. The summed E-state index contributed by atoms with van der Waals surface area (Å²) in [6.45, 7) is 4.72. The first-order chi connectivity index (χ1) is 11.6. The Morgan fingerprint density at radius 2 is 2.00 bits per heavy atom. The summed E-state index contributed by atoms with van der Waals surface area (Å²) < 4.78 is 0. The van der Waals surface area contributed by atoms with Crippen molar-refractivity contribution in [3.63, 3.8) is 0 Å². The fourth-order valence-electron chi connectivity index (χ4n) is 2.16. The van der Waals surface area contributed by atoms with E-state index in [1.807, 2.05) is 24.4 Å². The van der Waals surface area contributed by atoms with Gasteiger partial charge in [-0.05, 0) is 37.5 Å². The Balaban J connectivity index is 1.80. The normalized spacial score (nSPS) is 10.2. The Morgan fingerprint density at radius 3 is 2.67 bits per heavy atom. The Hall–Kier alpha value is -2.41. The Kier molecular flexibility index (Phi) is 6.74. The largest absolute Gasteiger partial charge is 0.378 e. The van der Waals surface area contributed by atoms with Gasteiger partial charge in [-0.3, -0.25) is 10.2 Å². The SMILES string of the molecule is CCNC(=N)CNc1ccc(CCc2csc(NC(C)=O)n2)cc1. The maximum Gasteiger partial charge on any atom is 0.223 e. The van der Waals surface area contributed by atoms with Crippen molar-refractivity contribution < 1.29 is 4.79 Å². The van der Waals surface area contributed by atoms with Gasteiger partial charge in [0.05, 0.1) is 12.2 Å². The molecule has 6 nitrogen and oxygen atoms in total. The average Bonchev–Trinajstić information content (AvgIpc) is 2.99. The van der Waals surface area contributed by atoms with E-state index in [9.17, 15) is 4.79 Å². The van der Waals surface area contributed by atoms with Crippen LogP contribution in [0.3, 0.4) is 0 Å². The third kappa shape index (κ3) is 6.00. The fourth-order valence-corrected chi connectivity index (χ4v) is 2.95. The van der Waals surface area contributed by atoms with Crippen LogP contribution in [0, 0.1) is 5.41 Å². The van der Waals surface area contributed by atoms with Crippen LogP contribution in [0.5, 0.6) is 0 Å². The molecule has 1 aromatic heterocycles. The number of carbonyl (C=O) groups is 1. The van der Waals surface area contributed by atoms with E-state index in [2.05, 4.69) is 33.1 Å². The maximum atomic E-state index is 11.0. The number of likely N-dealkylation sites (N-methyl/N-ethyl adjacent to an activating group) is 1. The Morgan fingerprint density at radius 1 is 1.25 bits per heavy atom. The van der Waals surface area contributed by atoms with Gasteiger partial charge in [-0.25, -0.2) is 4.98 Å². The molecule has 0 bridgehead atoms. The maximum absolute atomic E-state index is 11.0. The third-order valence-electron chi connectivity index (χ3n) is 3.32. The van der Waals surface area contributed by atoms with Crippen molar-refractivity contribution in [2.75, 3.05) is 23.7 Å². The van der Waals surface area contributed by atoms with Gasteiger partial charge in [0.15, 0.2) is 5.13 Å². The van der Waals surface area contributed by atoms with E-state index in [-0.39, 0.29) is 5.91 Å². The first-order valence-electron chi connectivity index (χ1n) is 7.93. The van der Waals surface area contributed by atoms with Crippen LogP contribution in [0.2, 0.25) is 0 Å². The topological polar surface area (TPSA) is 89.9 Å². The molecule has 0 fully saturated rings. The zero-order valence-electron chi connectivity index (χ0n) is 14.0. The van der Waals surface area contributed by atoms with Crippen LogP contribution in [-0.2, 0) is 17.6 Å². The zero-order valence-corrected chi connectivity index (χ0v) is 14.8. The highest BCUT2D eigenvalue weighted by molar-refractivity contribution is 7.13. The van der Waals surface area contributed by atoms with E-state index >= 15 is 0 Å². The lowest BCUT2D eigenvalue weighted by molar-refractivity contribution is -0.114. The number of rotatable bonds is 8. The molecule has 0 unspecified atom stereocenters. The predicted octanol–water partition coefficient (Wildman–Crippen LogP) is 2.89. The van der Waals surface area contributed by atoms with Gasteiger partial charge in [0, 0.05) is 24.5 Å². The fraction of sp³-hybridized carbons (Fsp3) is 0.353. The molecule has 1 amide bonds. The van der Waals surface area contributed by atoms with Crippen molar-refractivity contribution in [2.24, 2.45) is 0 Å². The van der Waals surface area contributed by atoms with Crippen molar-refractivity contribution in [1.82, 2.24) is 10.3 Å². The van der Waals surface area contributed by atoms with E-state index < -0.39 is 0 Å². The monoisotopic (exact) mass is 345 g/mol. The number of aryl methyl sites for hydroxylation is 2. The number of amides is 1. The van der Waals surface area contributed by atoms with Crippen LogP contribution in [0.4, 0.5) is 10.8 Å². The molecule has 0 aliphatic carbocycles. The highest BCUT2D eigenvalue weighted by Gasteiger charge is 2.04. The molecule has 4 N–H and O–H groups in total. The van der Waals surface area contributed by atoms with Gasteiger partial charge in [0.1, 0.15) is 5.84 Å². The second-order valence-electron chi connectivity index (χ2n) is 5.38. The molecule has 24 heavy (non-hydrogen) atoms. The lowest BCUT2D eigenvalue weighted by atomic mass is 10.1. The lowest BCUT2D eigenvalue weighted by Crippen LogP contribution is -2.28. The number of nitrogens with one attached hydrogen (secondary N) is 4. The molecule has 0 aliphatic rings. The van der Waals surface area contributed by atoms with E-state index in [4.69, 9.17) is 5.41 Å². The molecule has 0 radical (unpaired) electrons. The van der Waals surface area contributed by atoms with Crippen molar-refractivity contribution >= 4 is 33.9 Å². The summed E-state index contributed by atoms with van der Waals surface area (Å²) in [6.07, 6.45) is 1.74. The van der Waals surface area contributed by atoms with E-state index in [1.165, 1.54) is 23.8 Å². The number of benzene rings is 1. The van der Waals surface area contributed by atoms with Crippen molar-refractivity contribution in [1.29, 1.82) is 5.41 Å². The molecule has 0 spiro atoms. The van der Waals surface area contributed by atoms with Gasteiger partial charge in [0.2, 0.25) is 5.91 Å². The van der Waals surface area contributed by atoms with Gasteiger partial charge < -0.3 is 16.0 Å². The molecule has 0 saturated carbocycles. The summed E-state index contributed by atoms with van der Waals surface area (Å²) in [5.74, 6) is 0.390. The minimum absolute atomic E-state index is 0.0961. The first kappa shape index (κ1) is 17.9. The van der Waals surface area contributed by atoms with Crippen molar-refractivity contribution in [3.8, 4) is 0 Å². The molecular weight excluding hydrogens is 322 g/mol. The van der Waals surface area contributed by atoms with E-state index in [0.717, 1.165) is 30.8 Å². The Labute approximate surface area is 146 Å². The number of hydrogen-bond acceptors (Lipinski definition) is 5. The van der Waals surface area contributed by atoms with Crippen LogP contribution < -0.4 is 16.0 Å². The van der Waals surface area contributed by atoms with E-state index in [0.29, 0.717) is 17.5 Å². The van der Waals surface area contributed by atoms with Gasteiger partial charge in [-0.2, -0.15) is 0 Å². The summed E-state index contributed by atoms with van der Waals surface area (Å²) in [5.41, 5.74) is 3.23. The van der Waals surface area contributed by atoms with Crippen LogP contribution in [0.1, 0.15) is 25.1 Å². The molecule has 7 heteroatoms. The summed E-state index contributed by atoms with van der Waals surface area (Å²) in [5, 5.41) is 19.2. The number of anilines is 2. The van der Waals surface area contributed by atoms with Crippen LogP contribution in [0.25, 0.3) is 0 Å². The summed E-state index contributed by atoms with van der Waals surface area (Å²) >= 11 is 1.45. The molecule has 0 aliphatic heterocycles. The van der Waals surface area contributed by atoms with Crippen molar-refractivity contribution in [2.45, 2.75) is 26.7 Å². The minimum atomic E-state index is -0.0961. The van der Waals surface area contributed by atoms with Crippen molar-refractivity contribution in [3.05, 3.63) is 40.9 Å². The number of hydrogen-bond donors (Lipinski definition) is 4. The third-order valence-corrected chi connectivity index (χ3v) is 4.12. The van der Waals surface area contributed by atoms with Crippen LogP contribution >= 0.6 is 11.3 Å². The lowest BCUT2D eigenvalue weighted by Gasteiger charge is -2.09. The standard InChI is InChI=1S/C17H23N5OS/c1-3-19-16(18)10-20-14-7-4-13(5-8-14)6-9-15-11-24-17(22-15)21-12(2)23/h4-5,7-8,11,20H,3,6,9-10H2,1-2H3,(H2,18,19)(H,21,22,23). The van der Waals surface area contributed by atoms with Gasteiger partial charge in [0.25, 0.3) is 0 Å².